The first-order chi connectivity index (χ1) is 11.5. The number of nitrogens with two attached hydrogens (primary N) is 1. The molecule has 1 atom stereocenters. The molecule has 6 nitrogen and oxygen atoms in total. The topological polar surface area (TPSA) is 85.2 Å². The molecule has 1 saturated carbocycles. The van der Waals surface area contributed by atoms with Crippen LogP contribution < -0.4 is 10.6 Å². The van der Waals surface area contributed by atoms with Gasteiger partial charge in [-0.3, -0.25) is 4.79 Å². The van der Waals surface area contributed by atoms with Gasteiger partial charge in [0.15, 0.2) is 5.82 Å². The minimum Gasteiger partial charge on any atom is -0.339 e. The highest BCUT2D eigenvalue weighted by molar-refractivity contribution is 5.96. The summed E-state index contributed by atoms with van der Waals surface area (Å²) in [5.41, 5.74) is 6.82. The van der Waals surface area contributed by atoms with Crippen molar-refractivity contribution in [1.29, 1.82) is 0 Å². The number of benzene rings is 1. The number of hydrogen-bond acceptors (Lipinski definition) is 5. The molecule has 1 aromatic heterocycles. The average molecular weight is 330 g/mol. The predicted octanol–water partition coefficient (Wildman–Crippen LogP) is 2.38. The van der Waals surface area contributed by atoms with E-state index in [1.165, 1.54) is 11.0 Å². The molecular formula is C17H19FN4O2. The molecule has 7 heteroatoms. The average Bonchev–Trinajstić information content (AvgIpc) is 3.12. The lowest BCUT2D eigenvalue weighted by Crippen LogP contribution is -2.44. The third kappa shape index (κ3) is 2.39. The molecule has 2 aromatic rings. The van der Waals surface area contributed by atoms with Crippen LogP contribution in [0.25, 0.3) is 0 Å². The Morgan fingerprint density at radius 1 is 1.42 bits per heavy atom. The highest BCUT2D eigenvalue weighted by atomic mass is 19.1. The molecule has 1 aliphatic heterocycles. The van der Waals surface area contributed by atoms with E-state index < -0.39 is 11.4 Å². The van der Waals surface area contributed by atoms with Gasteiger partial charge in [0.05, 0.1) is 17.1 Å². The van der Waals surface area contributed by atoms with E-state index >= 15 is 0 Å². The molecular weight excluding hydrogens is 311 g/mol. The molecule has 2 N–H and O–H groups in total. The second-order valence-electron chi connectivity index (χ2n) is 6.83. The summed E-state index contributed by atoms with van der Waals surface area (Å²) >= 11 is 0. The van der Waals surface area contributed by atoms with Gasteiger partial charge in [-0.1, -0.05) is 11.2 Å². The molecule has 1 saturated heterocycles. The van der Waals surface area contributed by atoms with E-state index in [0.717, 1.165) is 24.8 Å². The van der Waals surface area contributed by atoms with Crippen molar-refractivity contribution < 1.29 is 13.7 Å². The number of aromatic nitrogens is 2. The number of halogens is 1. The number of hydrogen-bond donors (Lipinski definition) is 1. The fourth-order valence-corrected chi connectivity index (χ4v) is 3.32. The van der Waals surface area contributed by atoms with Crippen LogP contribution in [0.1, 0.15) is 48.9 Å². The summed E-state index contributed by atoms with van der Waals surface area (Å²) in [6.07, 6.45) is 2.97. The first-order valence-electron chi connectivity index (χ1n) is 8.16. The van der Waals surface area contributed by atoms with E-state index in [9.17, 15) is 9.18 Å². The van der Waals surface area contributed by atoms with Crippen LogP contribution in [0.4, 0.5) is 10.1 Å². The van der Waals surface area contributed by atoms with Crippen LogP contribution in [-0.2, 0) is 10.3 Å². The zero-order chi connectivity index (χ0) is 16.9. The maximum absolute atomic E-state index is 14.2. The van der Waals surface area contributed by atoms with Crippen LogP contribution in [0, 0.1) is 12.7 Å². The molecule has 0 radical (unpaired) electrons. The van der Waals surface area contributed by atoms with E-state index in [0.29, 0.717) is 23.9 Å². The van der Waals surface area contributed by atoms with Crippen molar-refractivity contribution in [2.24, 2.45) is 5.73 Å². The maximum Gasteiger partial charge on any atom is 0.232 e. The van der Waals surface area contributed by atoms with Crippen LogP contribution in [0.15, 0.2) is 22.7 Å². The number of carbonyl (C=O) groups is 1. The summed E-state index contributed by atoms with van der Waals surface area (Å²) in [5, 5.41) is 3.99. The Bertz CT molecular complexity index is 800. The molecule has 2 aliphatic rings. The van der Waals surface area contributed by atoms with Crippen molar-refractivity contribution in [2.45, 2.75) is 44.1 Å². The molecule has 0 bridgehead atoms. The lowest BCUT2D eigenvalue weighted by molar-refractivity contribution is -0.117. The fraction of sp³-hybridized carbons (Fsp3) is 0.471. The summed E-state index contributed by atoms with van der Waals surface area (Å²) < 4.78 is 19.5. The van der Waals surface area contributed by atoms with Gasteiger partial charge in [-0.15, -0.1) is 0 Å². The number of amides is 1. The van der Waals surface area contributed by atoms with E-state index in [1.807, 2.05) is 6.92 Å². The Morgan fingerprint density at radius 2 is 2.21 bits per heavy atom. The molecule has 2 fully saturated rings. The molecule has 1 unspecified atom stereocenters. The van der Waals surface area contributed by atoms with E-state index in [1.54, 1.807) is 12.1 Å². The zero-order valence-electron chi connectivity index (χ0n) is 13.5. The van der Waals surface area contributed by atoms with Gasteiger partial charge in [0.2, 0.25) is 11.8 Å². The standard InChI is InChI=1S/C17H19FN4O2/c1-10-3-4-13(12(18)7-10)22-9-11(8-14(22)23)15-20-16(21-24-15)17(19)5-2-6-17/h3-4,7,11H,2,5-6,8-9,19H2,1H3. The summed E-state index contributed by atoms with van der Waals surface area (Å²) in [7, 11) is 0. The van der Waals surface area contributed by atoms with Gasteiger partial charge < -0.3 is 15.2 Å². The minimum atomic E-state index is -0.493. The molecule has 1 amide bonds. The van der Waals surface area contributed by atoms with Gasteiger partial charge in [-0.05, 0) is 43.9 Å². The van der Waals surface area contributed by atoms with Crippen molar-refractivity contribution in [1.82, 2.24) is 10.1 Å². The van der Waals surface area contributed by atoms with E-state index in [4.69, 9.17) is 10.3 Å². The van der Waals surface area contributed by atoms with Crippen molar-refractivity contribution in [2.75, 3.05) is 11.4 Å². The molecule has 126 valence electrons. The highest BCUT2D eigenvalue weighted by Crippen LogP contribution is 2.38. The third-order valence-corrected chi connectivity index (χ3v) is 5.00. The zero-order valence-corrected chi connectivity index (χ0v) is 13.5. The van der Waals surface area contributed by atoms with Crippen LogP contribution in [0.5, 0.6) is 0 Å². The Hall–Kier alpha value is -2.28. The first kappa shape index (κ1) is 15.3. The largest absolute Gasteiger partial charge is 0.339 e. The number of carbonyl (C=O) groups excluding carboxylic acids is 1. The summed E-state index contributed by atoms with van der Waals surface area (Å²) in [6, 6.07) is 4.85. The number of aryl methyl sites for hydroxylation is 1. The van der Waals surface area contributed by atoms with Gasteiger partial charge in [0, 0.05) is 13.0 Å². The smallest absolute Gasteiger partial charge is 0.232 e. The van der Waals surface area contributed by atoms with Crippen molar-refractivity contribution in [3.63, 3.8) is 0 Å². The maximum atomic E-state index is 14.2. The molecule has 0 spiro atoms. The van der Waals surface area contributed by atoms with Gasteiger partial charge in [0.1, 0.15) is 5.82 Å². The second kappa shape index (κ2) is 5.37. The first-order valence-corrected chi connectivity index (χ1v) is 8.16. The van der Waals surface area contributed by atoms with Crippen LogP contribution >= 0.6 is 0 Å². The van der Waals surface area contributed by atoms with Crippen LogP contribution in [0.2, 0.25) is 0 Å². The minimum absolute atomic E-state index is 0.145. The second-order valence-corrected chi connectivity index (χ2v) is 6.83. The van der Waals surface area contributed by atoms with Gasteiger partial charge >= 0.3 is 0 Å². The quantitative estimate of drug-likeness (QED) is 0.934. The Kier molecular flexibility index (Phi) is 3.42. The molecule has 2 heterocycles. The van der Waals surface area contributed by atoms with Crippen molar-refractivity contribution >= 4 is 11.6 Å². The van der Waals surface area contributed by atoms with Gasteiger partial charge in [0.25, 0.3) is 0 Å². The fourth-order valence-electron chi connectivity index (χ4n) is 3.32. The Labute approximate surface area is 138 Å². The van der Waals surface area contributed by atoms with E-state index in [2.05, 4.69) is 10.1 Å². The summed E-state index contributed by atoms with van der Waals surface area (Å²) in [6.45, 7) is 2.14. The molecule has 4 rings (SSSR count). The highest BCUT2D eigenvalue weighted by Gasteiger charge is 2.41. The summed E-state index contributed by atoms with van der Waals surface area (Å²) in [5.74, 6) is 0.142. The van der Waals surface area contributed by atoms with Crippen LogP contribution in [-0.4, -0.2) is 22.6 Å². The van der Waals surface area contributed by atoms with Crippen molar-refractivity contribution in [3.05, 3.63) is 41.3 Å². The third-order valence-electron chi connectivity index (χ3n) is 5.00. The lowest BCUT2D eigenvalue weighted by Gasteiger charge is -2.34. The number of rotatable bonds is 3. The van der Waals surface area contributed by atoms with E-state index in [-0.39, 0.29) is 18.2 Å². The predicted molar refractivity (Wildman–Crippen MR) is 84.9 cm³/mol. The summed E-state index contributed by atoms with van der Waals surface area (Å²) in [4.78, 5) is 18.2. The van der Waals surface area contributed by atoms with Crippen LogP contribution in [0.3, 0.4) is 0 Å². The molecule has 1 aliphatic carbocycles. The molecule has 24 heavy (non-hydrogen) atoms. The Balaban J connectivity index is 1.56. The number of nitrogens with zero attached hydrogens (tertiary/aromatic N) is 3. The van der Waals surface area contributed by atoms with Gasteiger partial charge in [-0.25, -0.2) is 4.39 Å². The normalized spacial score (nSPS) is 22.7. The number of anilines is 1. The SMILES string of the molecule is Cc1ccc(N2CC(c3nc(C4(N)CCC4)no3)CC2=O)c(F)c1. The van der Waals surface area contributed by atoms with Crippen molar-refractivity contribution in [3.8, 4) is 0 Å². The Morgan fingerprint density at radius 3 is 2.88 bits per heavy atom. The van der Waals surface area contributed by atoms with Gasteiger partial charge in [-0.2, -0.15) is 4.98 Å². The lowest BCUT2D eigenvalue weighted by atomic mass is 9.77. The monoisotopic (exact) mass is 330 g/mol. The molecule has 1 aromatic carbocycles.